The first-order valence-corrected chi connectivity index (χ1v) is 7.17. The maximum Gasteiger partial charge on any atom is 0.142 e. The molecule has 0 bridgehead atoms. The number of carbonyl (C=O) groups is 1. The van der Waals surface area contributed by atoms with Crippen LogP contribution in [0.3, 0.4) is 0 Å². The molecule has 0 aromatic carbocycles. The molecular weight excluding hydrogens is 210 g/mol. The van der Waals surface area contributed by atoms with Gasteiger partial charge in [-0.1, -0.05) is 34.1 Å². The third-order valence-corrected chi connectivity index (χ3v) is 4.93. The normalized spacial score (nSPS) is 38.6. The molecule has 0 radical (unpaired) electrons. The van der Waals surface area contributed by atoms with Gasteiger partial charge in [0.15, 0.2) is 0 Å². The van der Waals surface area contributed by atoms with Crippen LogP contribution < -0.4 is 0 Å². The van der Waals surface area contributed by atoms with Crippen LogP contribution in [0.4, 0.5) is 0 Å². The minimum Gasteiger partial charge on any atom is -0.302 e. The SMILES string of the molecule is CC1CN(CC2CCCC(C)(C)C2=O)CC1C. The summed E-state index contributed by atoms with van der Waals surface area (Å²) in [7, 11) is 0. The lowest BCUT2D eigenvalue weighted by atomic mass is 9.71. The molecule has 0 spiro atoms. The van der Waals surface area contributed by atoms with E-state index in [0.29, 0.717) is 11.7 Å². The summed E-state index contributed by atoms with van der Waals surface area (Å²) in [5, 5.41) is 0. The number of hydrogen-bond acceptors (Lipinski definition) is 2. The number of nitrogens with zero attached hydrogens (tertiary/aromatic N) is 1. The second-order valence-corrected chi connectivity index (χ2v) is 7.01. The van der Waals surface area contributed by atoms with Gasteiger partial charge in [0.2, 0.25) is 0 Å². The van der Waals surface area contributed by atoms with Crippen molar-refractivity contribution in [3.8, 4) is 0 Å². The fraction of sp³-hybridized carbons (Fsp3) is 0.933. The Hall–Kier alpha value is -0.370. The molecular formula is C15H27NO. The van der Waals surface area contributed by atoms with Crippen LogP contribution in [0.5, 0.6) is 0 Å². The molecule has 1 aliphatic heterocycles. The largest absolute Gasteiger partial charge is 0.302 e. The van der Waals surface area contributed by atoms with Crippen LogP contribution in [-0.2, 0) is 4.79 Å². The van der Waals surface area contributed by atoms with Crippen LogP contribution in [-0.4, -0.2) is 30.3 Å². The Labute approximate surface area is 106 Å². The monoisotopic (exact) mass is 237 g/mol. The van der Waals surface area contributed by atoms with Gasteiger partial charge in [0.1, 0.15) is 5.78 Å². The van der Waals surface area contributed by atoms with Crippen LogP contribution in [0, 0.1) is 23.2 Å². The zero-order valence-corrected chi connectivity index (χ0v) is 11.8. The molecule has 2 aliphatic rings. The summed E-state index contributed by atoms with van der Waals surface area (Å²) in [5.41, 5.74) is -0.0696. The lowest BCUT2D eigenvalue weighted by Crippen LogP contribution is -2.41. The molecule has 3 atom stereocenters. The van der Waals surface area contributed by atoms with E-state index in [-0.39, 0.29) is 5.41 Å². The molecule has 0 N–H and O–H groups in total. The summed E-state index contributed by atoms with van der Waals surface area (Å²) < 4.78 is 0. The molecule has 17 heavy (non-hydrogen) atoms. The molecule has 98 valence electrons. The molecule has 0 aromatic heterocycles. The molecule has 0 aromatic rings. The fourth-order valence-electron chi connectivity index (χ4n) is 3.48. The highest BCUT2D eigenvalue weighted by molar-refractivity contribution is 5.87. The highest BCUT2D eigenvalue weighted by Crippen LogP contribution is 2.36. The van der Waals surface area contributed by atoms with E-state index in [1.54, 1.807) is 0 Å². The lowest BCUT2D eigenvalue weighted by molar-refractivity contribution is -0.134. The van der Waals surface area contributed by atoms with Gasteiger partial charge in [0, 0.05) is 31.0 Å². The quantitative estimate of drug-likeness (QED) is 0.736. The molecule has 1 saturated carbocycles. The molecule has 1 heterocycles. The smallest absolute Gasteiger partial charge is 0.142 e. The molecule has 1 saturated heterocycles. The van der Waals surface area contributed by atoms with Crippen LogP contribution in [0.2, 0.25) is 0 Å². The van der Waals surface area contributed by atoms with Crippen molar-refractivity contribution in [2.75, 3.05) is 19.6 Å². The highest BCUT2D eigenvalue weighted by atomic mass is 16.1. The van der Waals surface area contributed by atoms with Crippen molar-refractivity contribution >= 4 is 5.78 Å². The first kappa shape index (κ1) is 13.1. The van der Waals surface area contributed by atoms with Crippen LogP contribution in [0.1, 0.15) is 47.0 Å². The maximum atomic E-state index is 12.4. The summed E-state index contributed by atoms with van der Waals surface area (Å²) in [6.45, 7) is 12.3. The maximum absolute atomic E-state index is 12.4. The van der Waals surface area contributed by atoms with Crippen molar-refractivity contribution in [3.63, 3.8) is 0 Å². The predicted molar refractivity (Wildman–Crippen MR) is 70.9 cm³/mol. The standard InChI is InChI=1S/C15H27NO/c1-11-8-16(9-12(11)2)10-13-6-5-7-15(3,4)14(13)17/h11-13H,5-10H2,1-4H3. The Balaban J connectivity index is 1.93. The van der Waals surface area contributed by atoms with Gasteiger partial charge in [-0.05, 0) is 24.7 Å². The van der Waals surface area contributed by atoms with E-state index in [1.807, 2.05) is 0 Å². The van der Waals surface area contributed by atoms with Crippen molar-refractivity contribution in [3.05, 3.63) is 0 Å². The van der Waals surface area contributed by atoms with Crippen LogP contribution in [0.15, 0.2) is 0 Å². The summed E-state index contributed by atoms with van der Waals surface area (Å²) in [5.74, 6) is 2.40. The molecule has 2 rings (SSSR count). The molecule has 3 unspecified atom stereocenters. The zero-order valence-electron chi connectivity index (χ0n) is 11.8. The first-order chi connectivity index (χ1) is 7.90. The number of ketones is 1. The van der Waals surface area contributed by atoms with E-state index in [0.717, 1.165) is 31.2 Å². The van der Waals surface area contributed by atoms with E-state index < -0.39 is 0 Å². The van der Waals surface area contributed by atoms with Crippen molar-refractivity contribution < 1.29 is 4.79 Å². The predicted octanol–water partition coefficient (Wildman–Crippen LogP) is 2.97. The Morgan fingerprint density at radius 1 is 1.24 bits per heavy atom. The Bertz CT molecular complexity index is 287. The van der Waals surface area contributed by atoms with E-state index in [2.05, 4.69) is 32.6 Å². The summed E-state index contributed by atoms with van der Waals surface area (Å²) in [4.78, 5) is 14.9. The highest BCUT2D eigenvalue weighted by Gasteiger charge is 2.39. The average molecular weight is 237 g/mol. The van der Waals surface area contributed by atoms with Gasteiger partial charge in [0.05, 0.1) is 0 Å². The van der Waals surface area contributed by atoms with Crippen LogP contribution in [0.25, 0.3) is 0 Å². The van der Waals surface area contributed by atoms with Gasteiger partial charge < -0.3 is 4.90 Å². The molecule has 0 amide bonds. The van der Waals surface area contributed by atoms with Gasteiger partial charge in [-0.3, -0.25) is 4.79 Å². The number of likely N-dealkylation sites (tertiary alicyclic amines) is 1. The van der Waals surface area contributed by atoms with Gasteiger partial charge in [-0.2, -0.15) is 0 Å². The van der Waals surface area contributed by atoms with Gasteiger partial charge >= 0.3 is 0 Å². The van der Waals surface area contributed by atoms with E-state index >= 15 is 0 Å². The average Bonchev–Trinajstić information content (AvgIpc) is 2.54. The second kappa shape index (κ2) is 4.72. The topological polar surface area (TPSA) is 20.3 Å². The Kier molecular flexibility index (Phi) is 3.63. The minimum atomic E-state index is -0.0696. The number of rotatable bonds is 2. The third-order valence-electron chi connectivity index (χ3n) is 4.93. The van der Waals surface area contributed by atoms with Gasteiger partial charge in [-0.15, -0.1) is 0 Å². The lowest BCUT2D eigenvalue weighted by Gasteiger charge is -2.35. The van der Waals surface area contributed by atoms with Gasteiger partial charge in [0.25, 0.3) is 0 Å². The first-order valence-electron chi connectivity index (χ1n) is 7.17. The number of carbonyl (C=O) groups excluding carboxylic acids is 1. The molecule has 1 aliphatic carbocycles. The Morgan fingerprint density at radius 2 is 1.82 bits per heavy atom. The van der Waals surface area contributed by atoms with E-state index in [4.69, 9.17) is 0 Å². The van der Waals surface area contributed by atoms with Crippen molar-refractivity contribution in [1.82, 2.24) is 4.90 Å². The fourth-order valence-corrected chi connectivity index (χ4v) is 3.48. The van der Waals surface area contributed by atoms with Crippen LogP contribution >= 0.6 is 0 Å². The minimum absolute atomic E-state index is 0.0696. The van der Waals surface area contributed by atoms with Crippen molar-refractivity contribution in [2.24, 2.45) is 23.2 Å². The van der Waals surface area contributed by atoms with Gasteiger partial charge in [-0.25, -0.2) is 0 Å². The third kappa shape index (κ3) is 2.73. The van der Waals surface area contributed by atoms with Crippen molar-refractivity contribution in [1.29, 1.82) is 0 Å². The second-order valence-electron chi connectivity index (χ2n) is 7.01. The Morgan fingerprint density at radius 3 is 2.41 bits per heavy atom. The molecule has 2 heteroatoms. The summed E-state index contributed by atoms with van der Waals surface area (Å²) in [6.07, 6.45) is 3.42. The summed E-state index contributed by atoms with van der Waals surface area (Å²) in [6, 6.07) is 0. The number of hydrogen-bond donors (Lipinski definition) is 0. The van der Waals surface area contributed by atoms with Crippen molar-refractivity contribution in [2.45, 2.75) is 47.0 Å². The molecule has 2 fully saturated rings. The number of Topliss-reactive ketones (excluding diaryl/α,β-unsaturated/α-hetero) is 1. The zero-order chi connectivity index (χ0) is 12.6. The summed E-state index contributed by atoms with van der Waals surface area (Å²) >= 11 is 0. The molecule has 2 nitrogen and oxygen atoms in total. The van der Waals surface area contributed by atoms with E-state index in [1.165, 1.54) is 19.5 Å². The van der Waals surface area contributed by atoms with E-state index in [9.17, 15) is 4.79 Å².